The number of ether oxygens (including phenoxy) is 1. The van der Waals surface area contributed by atoms with Gasteiger partial charge in [0.05, 0.1) is 12.6 Å². The normalized spacial score (nSPS) is 12.7. The summed E-state index contributed by atoms with van der Waals surface area (Å²) in [6.07, 6.45) is 0. The van der Waals surface area contributed by atoms with E-state index in [1.165, 1.54) is 0 Å². The van der Waals surface area contributed by atoms with Crippen molar-refractivity contribution in [2.45, 2.75) is 13.0 Å². The molecule has 60 valence electrons. The Hall–Kier alpha value is -0.610. The van der Waals surface area contributed by atoms with E-state index in [2.05, 4.69) is 5.32 Å². The molecule has 1 amide bonds. The van der Waals surface area contributed by atoms with Crippen molar-refractivity contribution in [2.24, 2.45) is 5.73 Å². The second kappa shape index (κ2) is 5.20. The first-order chi connectivity index (χ1) is 4.68. The van der Waals surface area contributed by atoms with Crippen LogP contribution < -0.4 is 11.1 Å². The van der Waals surface area contributed by atoms with Gasteiger partial charge in [0.2, 0.25) is 5.91 Å². The van der Waals surface area contributed by atoms with Gasteiger partial charge in [-0.25, -0.2) is 0 Å². The summed E-state index contributed by atoms with van der Waals surface area (Å²) >= 11 is 0. The highest BCUT2D eigenvalue weighted by atomic mass is 16.5. The lowest BCUT2D eigenvalue weighted by Gasteiger charge is -2.05. The van der Waals surface area contributed by atoms with Crippen molar-refractivity contribution >= 4 is 5.91 Å². The lowest BCUT2D eigenvalue weighted by Crippen LogP contribution is -2.39. The predicted molar refractivity (Wildman–Crippen MR) is 38.5 cm³/mol. The van der Waals surface area contributed by atoms with E-state index in [-0.39, 0.29) is 5.91 Å². The van der Waals surface area contributed by atoms with Gasteiger partial charge in [0, 0.05) is 13.7 Å². The van der Waals surface area contributed by atoms with Gasteiger partial charge in [0.15, 0.2) is 0 Å². The van der Waals surface area contributed by atoms with Gasteiger partial charge in [-0.3, -0.25) is 4.79 Å². The lowest BCUT2D eigenvalue weighted by molar-refractivity contribution is -0.122. The summed E-state index contributed by atoms with van der Waals surface area (Å²) in [5.41, 5.74) is 5.27. The molecular weight excluding hydrogens is 132 g/mol. The van der Waals surface area contributed by atoms with Crippen LogP contribution in [-0.2, 0) is 9.53 Å². The van der Waals surface area contributed by atoms with Crippen LogP contribution in [-0.4, -0.2) is 32.2 Å². The van der Waals surface area contributed by atoms with Gasteiger partial charge in [-0.2, -0.15) is 0 Å². The number of hydrogen-bond acceptors (Lipinski definition) is 3. The fraction of sp³-hybridized carbons (Fsp3) is 0.833. The number of rotatable bonds is 4. The van der Waals surface area contributed by atoms with E-state index in [4.69, 9.17) is 10.5 Å². The number of hydrogen-bond donors (Lipinski definition) is 2. The minimum Gasteiger partial charge on any atom is -0.383 e. The molecule has 0 aliphatic heterocycles. The quantitative estimate of drug-likeness (QED) is 0.505. The van der Waals surface area contributed by atoms with Gasteiger partial charge in [-0.05, 0) is 6.92 Å². The van der Waals surface area contributed by atoms with E-state index in [0.29, 0.717) is 13.2 Å². The average molecular weight is 146 g/mol. The number of amides is 1. The summed E-state index contributed by atoms with van der Waals surface area (Å²) in [5, 5.41) is 2.59. The van der Waals surface area contributed by atoms with Crippen LogP contribution in [0.2, 0.25) is 0 Å². The minimum absolute atomic E-state index is 0.142. The number of nitrogens with one attached hydrogen (secondary N) is 1. The Bertz CT molecular complexity index is 104. The van der Waals surface area contributed by atoms with Gasteiger partial charge >= 0.3 is 0 Å². The van der Waals surface area contributed by atoms with E-state index in [1.807, 2.05) is 0 Å². The van der Waals surface area contributed by atoms with Crippen molar-refractivity contribution in [3.05, 3.63) is 0 Å². The zero-order chi connectivity index (χ0) is 7.98. The van der Waals surface area contributed by atoms with Crippen molar-refractivity contribution in [2.75, 3.05) is 20.3 Å². The summed E-state index contributed by atoms with van der Waals surface area (Å²) in [6.45, 7) is 2.69. The van der Waals surface area contributed by atoms with Gasteiger partial charge in [0.25, 0.3) is 0 Å². The van der Waals surface area contributed by atoms with Crippen LogP contribution in [0.15, 0.2) is 0 Å². The Morgan fingerprint density at radius 2 is 2.40 bits per heavy atom. The molecule has 0 saturated carbocycles. The second-order valence-electron chi connectivity index (χ2n) is 2.07. The maximum absolute atomic E-state index is 10.7. The Morgan fingerprint density at radius 3 is 2.80 bits per heavy atom. The molecule has 0 saturated heterocycles. The maximum Gasteiger partial charge on any atom is 0.236 e. The van der Waals surface area contributed by atoms with E-state index < -0.39 is 6.04 Å². The highest BCUT2D eigenvalue weighted by Crippen LogP contribution is 1.73. The largest absolute Gasteiger partial charge is 0.383 e. The monoisotopic (exact) mass is 146 g/mol. The van der Waals surface area contributed by atoms with Gasteiger partial charge in [0.1, 0.15) is 0 Å². The van der Waals surface area contributed by atoms with Crippen LogP contribution in [0.4, 0.5) is 0 Å². The zero-order valence-electron chi connectivity index (χ0n) is 6.39. The standard InChI is InChI=1S/C6H14N2O2/c1-5(7)6(9)8-3-4-10-2/h5H,3-4,7H2,1-2H3,(H,8,9)/t5-/m0/s1. The molecule has 0 spiro atoms. The van der Waals surface area contributed by atoms with Crippen LogP contribution in [0.3, 0.4) is 0 Å². The molecule has 0 aliphatic carbocycles. The van der Waals surface area contributed by atoms with Crippen molar-refractivity contribution in [3.8, 4) is 0 Å². The Balaban J connectivity index is 3.22. The molecule has 0 unspecified atom stereocenters. The Morgan fingerprint density at radius 1 is 1.80 bits per heavy atom. The summed E-state index contributed by atoms with van der Waals surface area (Å²) < 4.78 is 4.72. The SMILES string of the molecule is COCCNC(=O)[C@H](C)N. The first-order valence-corrected chi connectivity index (χ1v) is 3.20. The summed E-state index contributed by atoms with van der Waals surface area (Å²) in [5.74, 6) is -0.142. The molecule has 4 nitrogen and oxygen atoms in total. The second-order valence-corrected chi connectivity index (χ2v) is 2.07. The number of carbonyl (C=O) groups excluding carboxylic acids is 1. The van der Waals surface area contributed by atoms with E-state index >= 15 is 0 Å². The molecular formula is C6H14N2O2. The number of methoxy groups -OCH3 is 1. The lowest BCUT2D eigenvalue weighted by atomic mass is 10.3. The van der Waals surface area contributed by atoms with E-state index in [1.54, 1.807) is 14.0 Å². The molecule has 0 fully saturated rings. The summed E-state index contributed by atoms with van der Waals surface area (Å²) in [7, 11) is 1.58. The molecule has 10 heavy (non-hydrogen) atoms. The van der Waals surface area contributed by atoms with Gasteiger partial charge in [-0.15, -0.1) is 0 Å². The van der Waals surface area contributed by atoms with Crippen LogP contribution in [0, 0.1) is 0 Å². The molecule has 0 rings (SSSR count). The Kier molecular flexibility index (Phi) is 4.88. The predicted octanol–water partition coefficient (Wildman–Crippen LogP) is -0.904. The molecule has 4 heteroatoms. The highest BCUT2D eigenvalue weighted by Gasteiger charge is 2.04. The van der Waals surface area contributed by atoms with Gasteiger partial charge < -0.3 is 15.8 Å². The summed E-state index contributed by atoms with van der Waals surface area (Å²) in [4.78, 5) is 10.7. The third kappa shape index (κ3) is 4.29. The van der Waals surface area contributed by atoms with E-state index in [9.17, 15) is 4.79 Å². The maximum atomic E-state index is 10.7. The molecule has 0 aromatic rings. The molecule has 0 heterocycles. The first-order valence-electron chi connectivity index (χ1n) is 3.20. The molecule has 0 bridgehead atoms. The summed E-state index contributed by atoms with van der Waals surface area (Å²) in [6, 6.07) is -0.433. The number of nitrogens with two attached hydrogens (primary N) is 1. The average Bonchev–Trinajstić information content (AvgIpc) is 1.88. The molecule has 0 aromatic carbocycles. The molecule has 3 N–H and O–H groups in total. The zero-order valence-corrected chi connectivity index (χ0v) is 6.39. The molecule has 0 radical (unpaired) electrons. The van der Waals surface area contributed by atoms with Crippen molar-refractivity contribution < 1.29 is 9.53 Å². The fourth-order valence-corrected chi connectivity index (χ4v) is 0.437. The minimum atomic E-state index is -0.433. The van der Waals surface area contributed by atoms with Crippen LogP contribution >= 0.6 is 0 Å². The van der Waals surface area contributed by atoms with Crippen LogP contribution in [0.25, 0.3) is 0 Å². The topological polar surface area (TPSA) is 64.3 Å². The third-order valence-electron chi connectivity index (χ3n) is 1.02. The smallest absolute Gasteiger partial charge is 0.236 e. The Labute approximate surface area is 60.7 Å². The molecule has 1 atom stereocenters. The van der Waals surface area contributed by atoms with Crippen molar-refractivity contribution in [3.63, 3.8) is 0 Å². The first kappa shape index (κ1) is 9.39. The van der Waals surface area contributed by atoms with Crippen LogP contribution in [0.1, 0.15) is 6.92 Å². The van der Waals surface area contributed by atoms with E-state index in [0.717, 1.165) is 0 Å². The van der Waals surface area contributed by atoms with Crippen molar-refractivity contribution in [1.29, 1.82) is 0 Å². The van der Waals surface area contributed by atoms with Crippen molar-refractivity contribution in [1.82, 2.24) is 5.32 Å². The highest BCUT2D eigenvalue weighted by molar-refractivity contribution is 5.80. The molecule has 0 aliphatic rings. The van der Waals surface area contributed by atoms with Crippen LogP contribution in [0.5, 0.6) is 0 Å². The van der Waals surface area contributed by atoms with Gasteiger partial charge in [-0.1, -0.05) is 0 Å². The number of carbonyl (C=O) groups is 1. The third-order valence-corrected chi connectivity index (χ3v) is 1.02. The molecule has 0 aromatic heterocycles. The fourth-order valence-electron chi connectivity index (χ4n) is 0.437.